The van der Waals surface area contributed by atoms with Crippen molar-refractivity contribution in [3.8, 4) is 0 Å². The van der Waals surface area contributed by atoms with Crippen LogP contribution < -0.4 is 0 Å². The van der Waals surface area contributed by atoms with E-state index in [0.29, 0.717) is 13.2 Å². The largest absolute Gasteiger partial charge is 0.394 e. The molecule has 5 nitrogen and oxygen atoms in total. The second kappa shape index (κ2) is 3.51. The minimum Gasteiger partial charge on any atom is -0.394 e. The molecule has 1 atom stereocenters. The first-order valence-corrected chi connectivity index (χ1v) is 5.30. The topological polar surface area (TPSA) is 48.6 Å². The van der Waals surface area contributed by atoms with Crippen LogP contribution in [0.2, 0.25) is 0 Å². The fourth-order valence-corrected chi connectivity index (χ4v) is 2.31. The van der Waals surface area contributed by atoms with Gasteiger partial charge < -0.3 is 14.3 Å². The Kier molecular flexibility index (Phi) is 2.13. The fourth-order valence-electron chi connectivity index (χ4n) is 2.31. The van der Waals surface area contributed by atoms with Crippen molar-refractivity contribution in [1.82, 2.24) is 9.97 Å². The average molecular weight is 217 g/mol. The Labute approximate surface area is 93.2 Å². The fraction of sp³-hybridized carbons (Fsp3) is 0.545. The Hall–Kier alpha value is -1.51. The monoisotopic (exact) mass is 217 g/mol. The average Bonchev–Trinajstić information content (AvgIpc) is 2.69. The van der Waals surface area contributed by atoms with Crippen LogP contribution in [0.3, 0.4) is 0 Å². The first-order valence-electron chi connectivity index (χ1n) is 5.30. The number of fused-ring (bicyclic) bond motifs is 2. The van der Waals surface area contributed by atoms with Gasteiger partial charge in [-0.1, -0.05) is 0 Å². The highest BCUT2D eigenvalue weighted by Crippen LogP contribution is 2.41. The zero-order valence-electron chi connectivity index (χ0n) is 8.77. The van der Waals surface area contributed by atoms with Crippen LogP contribution in [0.1, 0.15) is 24.1 Å². The van der Waals surface area contributed by atoms with Crippen LogP contribution in [0.4, 0.5) is 5.95 Å². The smallest absolute Gasteiger partial charge is 0.371 e. The zero-order chi connectivity index (χ0) is 11.0. The molecule has 1 fully saturated rings. The summed E-state index contributed by atoms with van der Waals surface area (Å²) in [6.07, 6.45) is 3.57. The van der Waals surface area contributed by atoms with Gasteiger partial charge in [0.1, 0.15) is 11.3 Å². The van der Waals surface area contributed by atoms with E-state index in [2.05, 4.69) is 14.8 Å². The van der Waals surface area contributed by atoms with Crippen LogP contribution in [0.25, 0.3) is 4.85 Å². The Morgan fingerprint density at radius 2 is 2.44 bits per heavy atom. The first-order chi connectivity index (χ1) is 7.84. The van der Waals surface area contributed by atoms with E-state index in [1.54, 1.807) is 6.20 Å². The summed E-state index contributed by atoms with van der Waals surface area (Å²) in [5.41, 5.74) is 1.42. The van der Waals surface area contributed by atoms with E-state index in [1.165, 1.54) is 0 Å². The highest BCUT2D eigenvalue weighted by Gasteiger charge is 2.45. The summed E-state index contributed by atoms with van der Waals surface area (Å²) in [5, 5.41) is 0. The molecular formula is C11H11N3O2. The van der Waals surface area contributed by atoms with Gasteiger partial charge >= 0.3 is 5.95 Å². The van der Waals surface area contributed by atoms with Gasteiger partial charge in [-0.3, -0.25) is 0 Å². The Morgan fingerprint density at radius 3 is 3.19 bits per heavy atom. The summed E-state index contributed by atoms with van der Waals surface area (Å²) in [5.74, 6) is 0.189. The summed E-state index contributed by atoms with van der Waals surface area (Å²) < 4.78 is 11.3. The minimum absolute atomic E-state index is 0.189. The number of rotatable bonds is 0. The zero-order valence-corrected chi connectivity index (χ0v) is 8.77. The molecular weight excluding hydrogens is 206 g/mol. The van der Waals surface area contributed by atoms with E-state index < -0.39 is 5.60 Å². The van der Waals surface area contributed by atoms with Crippen LogP contribution in [-0.2, 0) is 21.7 Å². The summed E-state index contributed by atoms with van der Waals surface area (Å²) in [6, 6.07) is 0. The van der Waals surface area contributed by atoms with E-state index >= 15 is 0 Å². The highest BCUT2D eigenvalue weighted by molar-refractivity contribution is 5.35. The van der Waals surface area contributed by atoms with E-state index in [1.807, 2.05) is 0 Å². The molecule has 1 aromatic heterocycles. The predicted octanol–water partition coefficient (Wildman–Crippen LogP) is 1.56. The Bertz CT molecular complexity index is 455. The first kappa shape index (κ1) is 9.70. The molecule has 0 aliphatic carbocycles. The molecule has 0 saturated carbocycles. The molecule has 1 unspecified atom stereocenters. The number of hydrogen-bond acceptors (Lipinski definition) is 4. The molecule has 3 heterocycles. The van der Waals surface area contributed by atoms with Crippen molar-refractivity contribution in [3.63, 3.8) is 0 Å². The number of hydrogen-bond donors (Lipinski definition) is 0. The highest BCUT2D eigenvalue weighted by atomic mass is 16.5. The van der Waals surface area contributed by atoms with Crippen LogP contribution in [0, 0.1) is 6.57 Å². The quantitative estimate of drug-likeness (QED) is 0.619. The van der Waals surface area contributed by atoms with E-state index in [9.17, 15) is 0 Å². The molecule has 16 heavy (non-hydrogen) atoms. The molecule has 3 rings (SSSR count). The van der Waals surface area contributed by atoms with Gasteiger partial charge in [0.2, 0.25) is 0 Å². The van der Waals surface area contributed by atoms with Crippen molar-refractivity contribution in [3.05, 3.63) is 28.9 Å². The molecule has 1 aromatic rings. The maximum Gasteiger partial charge on any atom is 0.371 e. The molecule has 82 valence electrons. The molecule has 5 heteroatoms. The third kappa shape index (κ3) is 1.31. The minimum atomic E-state index is -0.421. The van der Waals surface area contributed by atoms with Gasteiger partial charge in [0.25, 0.3) is 0 Å². The molecule has 0 radical (unpaired) electrons. The standard InChI is InChI=1S/C11H11N3O2/c1-12-10-13-5-8-6-16-11(9(8)14-10)3-2-4-15-7-11/h5H,2-4,6-7H2. The summed E-state index contributed by atoms with van der Waals surface area (Å²) in [6.45, 7) is 8.78. The van der Waals surface area contributed by atoms with Crippen LogP contribution in [0.15, 0.2) is 6.20 Å². The molecule has 0 amide bonds. The molecule has 1 spiro atoms. The Morgan fingerprint density at radius 1 is 1.50 bits per heavy atom. The lowest BCUT2D eigenvalue weighted by Gasteiger charge is -2.31. The summed E-state index contributed by atoms with van der Waals surface area (Å²) in [4.78, 5) is 11.5. The lowest BCUT2D eigenvalue weighted by Crippen LogP contribution is -2.36. The van der Waals surface area contributed by atoms with Crippen molar-refractivity contribution in [2.75, 3.05) is 13.2 Å². The number of aromatic nitrogens is 2. The predicted molar refractivity (Wildman–Crippen MR) is 54.8 cm³/mol. The normalized spacial score (nSPS) is 27.7. The lowest BCUT2D eigenvalue weighted by molar-refractivity contribution is -0.127. The Balaban J connectivity index is 2.06. The lowest BCUT2D eigenvalue weighted by atomic mass is 9.92. The van der Waals surface area contributed by atoms with Crippen LogP contribution in [-0.4, -0.2) is 23.2 Å². The van der Waals surface area contributed by atoms with E-state index in [-0.39, 0.29) is 5.95 Å². The molecule has 0 N–H and O–H groups in total. The maximum absolute atomic E-state index is 6.94. The molecule has 1 saturated heterocycles. The molecule has 2 aliphatic heterocycles. The van der Waals surface area contributed by atoms with Gasteiger partial charge in [0.05, 0.1) is 25.0 Å². The van der Waals surface area contributed by atoms with Crippen molar-refractivity contribution in [2.45, 2.75) is 25.0 Å². The van der Waals surface area contributed by atoms with E-state index in [0.717, 1.165) is 30.7 Å². The van der Waals surface area contributed by atoms with Crippen molar-refractivity contribution < 1.29 is 9.47 Å². The van der Waals surface area contributed by atoms with Crippen LogP contribution >= 0.6 is 0 Å². The third-order valence-corrected chi connectivity index (χ3v) is 3.09. The maximum atomic E-state index is 6.94. The molecule has 0 bridgehead atoms. The van der Waals surface area contributed by atoms with Gasteiger partial charge in [0, 0.05) is 6.61 Å². The third-order valence-electron chi connectivity index (χ3n) is 3.09. The number of ether oxygens (including phenoxy) is 2. The van der Waals surface area contributed by atoms with Gasteiger partial charge in [-0.25, -0.2) is 0 Å². The van der Waals surface area contributed by atoms with E-state index in [4.69, 9.17) is 16.0 Å². The summed E-state index contributed by atoms with van der Waals surface area (Å²) in [7, 11) is 0. The number of nitrogens with zero attached hydrogens (tertiary/aromatic N) is 3. The van der Waals surface area contributed by atoms with Crippen molar-refractivity contribution in [2.24, 2.45) is 0 Å². The molecule has 2 aliphatic rings. The van der Waals surface area contributed by atoms with Crippen molar-refractivity contribution >= 4 is 5.95 Å². The molecule has 0 aromatic carbocycles. The SMILES string of the molecule is [C-]#[N+]c1ncc2c(n1)C1(CCCOC1)OC2. The van der Waals surface area contributed by atoms with Gasteiger partial charge in [-0.05, 0) is 12.8 Å². The van der Waals surface area contributed by atoms with Gasteiger partial charge in [-0.15, -0.1) is 6.57 Å². The van der Waals surface area contributed by atoms with Gasteiger partial charge in [0.15, 0.2) is 0 Å². The second-order valence-electron chi connectivity index (χ2n) is 4.09. The van der Waals surface area contributed by atoms with Crippen LogP contribution in [0.5, 0.6) is 0 Å². The van der Waals surface area contributed by atoms with Gasteiger partial charge in [-0.2, -0.15) is 9.97 Å². The van der Waals surface area contributed by atoms with Crippen molar-refractivity contribution in [1.29, 1.82) is 0 Å². The second-order valence-corrected chi connectivity index (χ2v) is 4.09. The summed E-state index contributed by atoms with van der Waals surface area (Å²) >= 11 is 0.